The predicted octanol–water partition coefficient (Wildman–Crippen LogP) is 2.93. The predicted molar refractivity (Wildman–Crippen MR) is 77.7 cm³/mol. The number of aromatic nitrogens is 1. The molecule has 1 aromatic carbocycles. The van der Waals surface area contributed by atoms with Crippen LogP contribution in [0.1, 0.15) is 24.6 Å². The molecule has 1 unspecified atom stereocenters. The molecule has 5 nitrogen and oxygen atoms in total. The minimum absolute atomic E-state index is 0.125. The number of amides is 1. The van der Waals surface area contributed by atoms with Gasteiger partial charge in [0.15, 0.2) is 0 Å². The first-order chi connectivity index (χ1) is 9.54. The highest BCUT2D eigenvalue weighted by atomic mass is 35.5. The lowest BCUT2D eigenvalue weighted by Gasteiger charge is -2.10. The van der Waals surface area contributed by atoms with Gasteiger partial charge < -0.3 is 9.73 Å². The zero-order valence-electron chi connectivity index (χ0n) is 11.3. The third-order valence-electron chi connectivity index (χ3n) is 2.71. The average molecular weight is 294 g/mol. The normalized spacial score (nSPS) is 12.2. The van der Waals surface area contributed by atoms with Gasteiger partial charge in [0.1, 0.15) is 5.76 Å². The number of anilines is 1. The molecule has 2 rings (SSSR count). The van der Waals surface area contributed by atoms with E-state index in [0.29, 0.717) is 16.6 Å². The number of hydrogen-bond acceptors (Lipinski definition) is 4. The van der Waals surface area contributed by atoms with Crippen LogP contribution in [0.5, 0.6) is 0 Å². The van der Waals surface area contributed by atoms with Crippen LogP contribution in [-0.4, -0.2) is 17.4 Å². The molecule has 0 radical (unpaired) electrons. The fourth-order valence-corrected chi connectivity index (χ4v) is 1.77. The van der Waals surface area contributed by atoms with Crippen molar-refractivity contribution in [1.29, 1.82) is 0 Å². The molecule has 0 fully saturated rings. The Labute approximate surface area is 122 Å². The highest BCUT2D eigenvalue weighted by Gasteiger charge is 2.12. The first-order valence-corrected chi connectivity index (χ1v) is 6.63. The first kappa shape index (κ1) is 14.6. The summed E-state index contributed by atoms with van der Waals surface area (Å²) in [4.78, 5) is 15.9. The Balaban J connectivity index is 1.81. The molecular formula is C14H16ClN3O2. The summed E-state index contributed by atoms with van der Waals surface area (Å²) in [5, 5.41) is 6.45. The van der Waals surface area contributed by atoms with E-state index in [2.05, 4.69) is 15.6 Å². The van der Waals surface area contributed by atoms with Crippen molar-refractivity contribution in [2.75, 3.05) is 11.9 Å². The Bertz CT molecular complexity index is 580. The Morgan fingerprint density at radius 1 is 1.40 bits per heavy atom. The van der Waals surface area contributed by atoms with Crippen molar-refractivity contribution >= 4 is 23.2 Å². The van der Waals surface area contributed by atoms with Crippen molar-refractivity contribution in [2.24, 2.45) is 0 Å². The molecule has 20 heavy (non-hydrogen) atoms. The van der Waals surface area contributed by atoms with Crippen molar-refractivity contribution in [1.82, 2.24) is 10.3 Å². The summed E-state index contributed by atoms with van der Waals surface area (Å²) in [6, 6.07) is 6.83. The lowest BCUT2D eigenvalue weighted by molar-refractivity contribution is -0.115. The van der Waals surface area contributed by atoms with Crippen LogP contribution in [0.25, 0.3) is 0 Å². The van der Waals surface area contributed by atoms with E-state index in [-0.39, 0.29) is 18.5 Å². The van der Waals surface area contributed by atoms with Gasteiger partial charge >= 0.3 is 0 Å². The number of rotatable bonds is 5. The van der Waals surface area contributed by atoms with Gasteiger partial charge in [0.05, 0.1) is 18.8 Å². The summed E-state index contributed by atoms with van der Waals surface area (Å²) in [5.74, 6) is 1.18. The van der Waals surface area contributed by atoms with Crippen LogP contribution < -0.4 is 10.6 Å². The number of nitrogens with one attached hydrogen (secondary N) is 2. The molecule has 6 heteroatoms. The van der Waals surface area contributed by atoms with Crippen LogP contribution in [0.15, 0.2) is 34.9 Å². The van der Waals surface area contributed by atoms with Crippen LogP contribution in [0.4, 0.5) is 5.69 Å². The quantitative estimate of drug-likeness (QED) is 0.889. The number of carbonyl (C=O) groups is 1. The van der Waals surface area contributed by atoms with E-state index in [4.69, 9.17) is 16.0 Å². The number of benzene rings is 1. The Morgan fingerprint density at radius 3 is 2.70 bits per heavy atom. The van der Waals surface area contributed by atoms with Gasteiger partial charge in [0.2, 0.25) is 11.8 Å². The van der Waals surface area contributed by atoms with Gasteiger partial charge in [-0.25, -0.2) is 4.98 Å². The molecule has 0 saturated heterocycles. The number of hydrogen-bond donors (Lipinski definition) is 2. The fraction of sp³-hybridized carbons (Fsp3) is 0.286. The third kappa shape index (κ3) is 4.08. The van der Waals surface area contributed by atoms with Crippen LogP contribution in [-0.2, 0) is 4.79 Å². The molecule has 1 heterocycles. The number of nitrogens with zero attached hydrogens (tertiary/aromatic N) is 1. The number of aryl methyl sites for hydroxylation is 1. The largest absolute Gasteiger partial charge is 0.444 e. The summed E-state index contributed by atoms with van der Waals surface area (Å²) in [5.41, 5.74) is 0.709. The standard InChI is InChI=1S/C14H16ClN3O2/c1-9-7-17-14(20-9)10(2)16-8-13(19)18-12-5-3-11(15)4-6-12/h3-7,10,16H,8H2,1-2H3,(H,18,19). The molecule has 0 aliphatic heterocycles. The minimum Gasteiger partial charge on any atom is -0.444 e. The van der Waals surface area contributed by atoms with Crippen molar-refractivity contribution in [3.05, 3.63) is 47.1 Å². The van der Waals surface area contributed by atoms with Gasteiger partial charge in [-0.2, -0.15) is 0 Å². The van der Waals surface area contributed by atoms with E-state index in [1.54, 1.807) is 30.5 Å². The van der Waals surface area contributed by atoms with E-state index in [9.17, 15) is 4.79 Å². The van der Waals surface area contributed by atoms with Gasteiger partial charge in [0, 0.05) is 10.7 Å². The lowest BCUT2D eigenvalue weighted by atomic mass is 10.3. The second kappa shape index (κ2) is 6.54. The Morgan fingerprint density at radius 2 is 2.10 bits per heavy atom. The molecule has 106 valence electrons. The topological polar surface area (TPSA) is 67.2 Å². The second-order valence-electron chi connectivity index (χ2n) is 4.47. The van der Waals surface area contributed by atoms with E-state index in [1.807, 2.05) is 13.8 Å². The van der Waals surface area contributed by atoms with E-state index >= 15 is 0 Å². The van der Waals surface area contributed by atoms with Crippen molar-refractivity contribution < 1.29 is 9.21 Å². The van der Waals surface area contributed by atoms with E-state index in [1.165, 1.54) is 0 Å². The van der Waals surface area contributed by atoms with Gasteiger partial charge in [-0.15, -0.1) is 0 Å². The molecule has 2 aromatic rings. The van der Waals surface area contributed by atoms with E-state index < -0.39 is 0 Å². The van der Waals surface area contributed by atoms with Crippen molar-refractivity contribution in [3.63, 3.8) is 0 Å². The summed E-state index contributed by atoms with van der Waals surface area (Å²) in [6.45, 7) is 3.89. The number of carbonyl (C=O) groups excluding carboxylic acids is 1. The zero-order chi connectivity index (χ0) is 14.5. The molecule has 1 aromatic heterocycles. The summed E-state index contributed by atoms with van der Waals surface area (Å²) < 4.78 is 5.39. The van der Waals surface area contributed by atoms with E-state index in [0.717, 1.165) is 5.76 Å². The number of halogens is 1. The van der Waals surface area contributed by atoms with Gasteiger partial charge in [0.25, 0.3) is 0 Å². The maximum Gasteiger partial charge on any atom is 0.238 e. The maximum absolute atomic E-state index is 11.8. The molecule has 1 atom stereocenters. The third-order valence-corrected chi connectivity index (χ3v) is 2.96. The minimum atomic E-state index is -0.137. The SMILES string of the molecule is Cc1cnc(C(C)NCC(=O)Nc2ccc(Cl)cc2)o1. The van der Waals surface area contributed by atoms with Crippen LogP contribution in [0.2, 0.25) is 5.02 Å². The van der Waals surface area contributed by atoms with Crippen molar-refractivity contribution in [2.45, 2.75) is 19.9 Å². The second-order valence-corrected chi connectivity index (χ2v) is 4.90. The van der Waals surface area contributed by atoms with Gasteiger partial charge in [-0.05, 0) is 38.1 Å². The lowest BCUT2D eigenvalue weighted by Crippen LogP contribution is -2.30. The summed E-state index contributed by atoms with van der Waals surface area (Å²) >= 11 is 5.78. The molecule has 2 N–H and O–H groups in total. The highest BCUT2D eigenvalue weighted by molar-refractivity contribution is 6.30. The molecule has 0 aliphatic carbocycles. The summed E-state index contributed by atoms with van der Waals surface area (Å²) in [6.07, 6.45) is 1.65. The molecule has 0 bridgehead atoms. The Kier molecular flexibility index (Phi) is 4.76. The average Bonchev–Trinajstić information content (AvgIpc) is 2.85. The van der Waals surface area contributed by atoms with Crippen LogP contribution in [0, 0.1) is 6.92 Å². The molecular weight excluding hydrogens is 278 g/mol. The monoisotopic (exact) mass is 293 g/mol. The molecule has 0 aliphatic rings. The molecule has 0 spiro atoms. The first-order valence-electron chi connectivity index (χ1n) is 6.26. The molecule has 0 saturated carbocycles. The maximum atomic E-state index is 11.8. The van der Waals surface area contributed by atoms with Gasteiger partial charge in [-0.1, -0.05) is 11.6 Å². The van der Waals surface area contributed by atoms with Crippen molar-refractivity contribution in [3.8, 4) is 0 Å². The Hall–Kier alpha value is -1.85. The number of oxazole rings is 1. The summed E-state index contributed by atoms with van der Waals surface area (Å²) in [7, 11) is 0. The zero-order valence-corrected chi connectivity index (χ0v) is 12.1. The molecule has 1 amide bonds. The van der Waals surface area contributed by atoms with Crippen LogP contribution in [0.3, 0.4) is 0 Å². The fourth-order valence-electron chi connectivity index (χ4n) is 1.64. The highest BCUT2D eigenvalue weighted by Crippen LogP contribution is 2.14. The smallest absolute Gasteiger partial charge is 0.238 e. The van der Waals surface area contributed by atoms with Gasteiger partial charge in [-0.3, -0.25) is 10.1 Å². The van der Waals surface area contributed by atoms with Crippen LogP contribution >= 0.6 is 11.6 Å².